The Morgan fingerprint density at radius 2 is 1.91 bits per heavy atom. The van der Waals surface area contributed by atoms with Gasteiger partial charge < -0.3 is 14.6 Å². The minimum absolute atomic E-state index is 0.168. The summed E-state index contributed by atoms with van der Waals surface area (Å²) in [5.41, 5.74) is 0.277. The average molecular weight is 440 g/mol. The molecule has 1 fully saturated rings. The van der Waals surface area contributed by atoms with E-state index in [2.05, 4.69) is 20.6 Å². The number of benzene rings is 1. The summed E-state index contributed by atoms with van der Waals surface area (Å²) in [6.45, 7) is 3.74. The smallest absolute Gasteiger partial charge is 0.354 e. The number of ether oxygens (including phenoxy) is 1. The number of esters is 1. The third kappa shape index (κ3) is 4.51. The molecule has 2 aliphatic rings. The number of carbonyl (C=O) groups excluding carboxylic acids is 2. The Hall–Kier alpha value is -3.23. The molecule has 0 spiro atoms. The van der Waals surface area contributed by atoms with Crippen LogP contribution in [0, 0.1) is 6.92 Å². The van der Waals surface area contributed by atoms with Crippen LogP contribution in [0.5, 0.6) is 0 Å². The van der Waals surface area contributed by atoms with Crippen LogP contribution >= 0.6 is 0 Å². The van der Waals surface area contributed by atoms with E-state index in [1.54, 1.807) is 18.9 Å². The fourth-order valence-corrected chi connectivity index (χ4v) is 4.42. The molecule has 170 valence electrons. The molecule has 9 heteroatoms. The van der Waals surface area contributed by atoms with Crippen LogP contribution in [0.3, 0.4) is 0 Å². The Kier molecular flexibility index (Phi) is 6.53. The molecule has 1 amide bonds. The van der Waals surface area contributed by atoms with Crippen molar-refractivity contribution in [1.82, 2.24) is 15.5 Å². The second-order valence-electron chi connectivity index (χ2n) is 8.29. The maximum Gasteiger partial charge on any atom is 0.354 e. The summed E-state index contributed by atoms with van der Waals surface area (Å²) in [6.07, 6.45) is 5.77. The molecule has 1 atom stereocenters. The molecule has 9 nitrogen and oxygen atoms in total. The highest BCUT2D eigenvalue weighted by Gasteiger charge is 2.43. The number of nitrogens with one attached hydrogen (secondary N) is 1. The molecule has 0 bridgehead atoms. The summed E-state index contributed by atoms with van der Waals surface area (Å²) in [4.78, 5) is 30.5. The predicted octanol–water partition coefficient (Wildman–Crippen LogP) is 3.24. The first-order valence-electron chi connectivity index (χ1n) is 11.2. The molecule has 1 aliphatic carbocycles. The number of para-hydroxylation sites is 1. The first-order valence-corrected chi connectivity index (χ1v) is 11.2. The summed E-state index contributed by atoms with van der Waals surface area (Å²) in [5, 5.41) is 13.5. The van der Waals surface area contributed by atoms with Crippen molar-refractivity contribution in [2.45, 2.75) is 70.4 Å². The Labute approximate surface area is 187 Å². The van der Waals surface area contributed by atoms with E-state index in [4.69, 9.17) is 9.26 Å². The number of aromatic nitrogens is 2. The van der Waals surface area contributed by atoms with Crippen LogP contribution in [0.15, 0.2) is 40.0 Å². The highest BCUT2D eigenvalue weighted by Crippen LogP contribution is 2.35. The summed E-state index contributed by atoms with van der Waals surface area (Å²) in [6, 6.07) is 8.69. The monoisotopic (exact) mass is 439 g/mol. The summed E-state index contributed by atoms with van der Waals surface area (Å²) < 4.78 is 10.4. The van der Waals surface area contributed by atoms with E-state index in [1.165, 1.54) is 0 Å². The minimum Gasteiger partial charge on any atom is -0.461 e. The van der Waals surface area contributed by atoms with Crippen LogP contribution in [0.1, 0.15) is 63.6 Å². The molecule has 1 N–H and O–H groups in total. The van der Waals surface area contributed by atoms with Gasteiger partial charge in [0.25, 0.3) is 0 Å². The minimum atomic E-state index is -0.694. The zero-order valence-electron chi connectivity index (χ0n) is 18.5. The number of aryl methyl sites for hydroxylation is 1. The zero-order chi connectivity index (χ0) is 22.6. The van der Waals surface area contributed by atoms with Crippen LogP contribution in [-0.2, 0) is 19.9 Å². The van der Waals surface area contributed by atoms with E-state index in [1.807, 2.05) is 30.3 Å². The summed E-state index contributed by atoms with van der Waals surface area (Å²) >= 11 is 0. The molecule has 1 aliphatic heterocycles. The molecule has 1 unspecified atom stereocenters. The van der Waals surface area contributed by atoms with Crippen molar-refractivity contribution in [2.75, 3.05) is 11.6 Å². The molecule has 4 rings (SSSR count). The van der Waals surface area contributed by atoms with Gasteiger partial charge in [-0.3, -0.25) is 9.80 Å². The van der Waals surface area contributed by atoms with Crippen molar-refractivity contribution < 1.29 is 18.8 Å². The average Bonchev–Trinajstić information content (AvgIpc) is 3.37. The third-order valence-electron chi connectivity index (χ3n) is 6.02. The molecule has 0 radical (unpaired) electrons. The lowest BCUT2D eigenvalue weighted by Gasteiger charge is -2.33. The van der Waals surface area contributed by atoms with Gasteiger partial charge in [0, 0.05) is 13.3 Å². The molecule has 1 saturated carbocycles. The molecule has 32 heavy (non-hydrogen) atoms. The molecule has 0 saturated heterocycles. The molecular formula is C23H29N5O4. The van der Waals surface area contributed by atoms with E-state index in [9.17, 15) is 9.59 Å². The highest BCUT2D eigenvalue weighted by molar-refractivity contribution is 6.38. The topological polar surface area (TPSA) is 110 Å². The lowest BCUT2D eigenvalue weighted by Crippen LogP contribution is -2.53. The first-order chi connectivity index (χ1) is 15.5. The van der Waals surface area contributed by atoms with Crippen LogP contribution in [0.25, 0.3) is 0 Å². The Balaban J connectivity index is 1.62. The van der Waals surface area contributed by atoms with Gasteiger partial charge in [-0.05, 0) is 31.9 Å². The SMILES string of the molecule is CCOC(=O)C1=NN(c2ccccc2)C(C(=O)NC2(c3noc(C)n3)CCCCCC2)C1. The number of hydrazone groups is 1. The van der Waals surface area contributed by atoms with Gasteiger partial charge in [-0.1, -0.05) is 49.0 Å². The van der Waals surface area contributed by atoms with Gasteiger partial charge in [-0.2, -0.15) is 10.1 Å². The largest absolute Gasteiger partial charge is 0.461 e. The number of amides is 1. The summed E-state index contributed by atoms with van der Waals surface area (Å²) in [5.74, 6) is 0.265. The fraction of sp³-hybridized carbons (Fsp3) is 0.522. The van der Waals surface area contributed by atoms with Crippen LogP contribution in [0.2, 0.25) is 0 Å². The fourth-order valence-electron chi connectivity index (χ4n) is 4.42. The van der Waals surface area contributed by atoms with Gasteiger partial charge in [-0.25, -0.2) is 4.79 Å². The van der Waals surface area contributed by atoms with Gasteiger partial charge in [-0.15, -0.1) is 0 Å². The molecule has 1 aromatic heterocycles. The summed E-state index contributed by atoms with van der Waals surface area (Å²) in [7, 11) is 0. The van der Waals surface area contributed by atoms with Crippen molar-refractivity contribution >= 4 is 23.3 Å². The maximum atomic E-state index is 13.7. The molecule has 1 aromatic carbocycles. The first kappa shape index (κ1) is 22.0. The van der Waals surface area contributed by atoms with E-state index >= 15 is 0 Å². The Bertz CT molecular complexity index is 979. The van der Waals surface area contributed by atoms with E-state index < -0.39 is 17.6 Å². The van der Waals surface area contributed by atoms with Crippen molar-refractivity contribution in [1.29, 1.82) is 0 Å². The van der Waals surface area contributed by atoms with Crippen LogP contribution < -0.4 is 10.3 Å². The van der Waals surface area contributed by atoms with Gasteiger partial charge in [0.15, 0.2) is 5.82 Å². The van der Waals surface area contributed by atoms with Crippen molar-refractivity contribution in [3.63, 3.8) is 0 Å². The van der Waals surface area contributed by atoms with E-state index in [-0.39, 0.29) is 24.6 Å². The molecule has 2 aromatic rings. The van der Waals surface area contributed by atoms with Gasteiger partial charge >= 0.3 is 5.97 Å². The number of carbonyl (C=O) groups is 2. The quantitative estimate of drug-likeness (QED) is 0.543. The second-order valence-corrected chi connectivity index (χ2v) is 8.29. The molecule has 2 heterocycles. The predicted molar refractivity (Wildman–Crippen MR) is 118 cm³/mol. The van der Waals surface area contributed by atoms with Gasteiger partial charge in [0.2, 0.25) is 11.8 Å². The van der Waals surface area contributed by atoms with Crippen molar-refractivity contribution in [2.24, 2.45) is 5.10 Å². The number of nitrogens with zero attached hydrogens (tertiary/aromatic N) is 4. The van der Waals surface area contributed by atoms with Crippen molar-refractivity contribution in [3.05, 3.63) is 42.0 Å². The van der Waals surface area contributed by atoms with E-state index in [0.29, 0.717) is 11.7 Å². The standard InChI is InChI=1S/C23H29N5O4/c1-3-31-21(30)18-15-19(28(26-18)17-11-7-6-8-12-17)20(29)25-23(13-9-4-5-10-14-23)22-24-16(2)32-27-22/h6-8,11-12,19H,3-5,9-10,13-15H2,1-2H3,(H,25,29). The Morgan fingerprint density at radius 1 is 1.19 bits per heavy atom. The zero-order valence-corrected chi connectivity index (χ0v) is 18.5. The number of anilines is 1. The maximum absolute atomic E-state index is 13.7. The van der Waals surface area contributed by atoms with Gasteiger partial charge in [0.05, 0.1) is 12.3 Å². The second kappa shape index (κ2) is 9.50. The number of hydrogen-bond donors (Lipinski definition) is 1. The number of rotatable bonds is 6. The number of hydrogen-bond acceptors (Lipinski definition) is 8. The lowest BCUT2D eigenvalue weighted by atomic mass is 9.88. The lowest BCUT2D eigenvalue weighted by molar-refractivity contribution is -0.135. The third-order valence-corrected chi connectivity index (χ3v) is 6.02. The van der Waals surface area contributed by atoms with Crippen molar-refractivity contribution in [3.8, 4) is 0 Å². The molecular weight excluding hydrogens is 410 g/mol. The Morgan fingerprint density at radius 3 is 2.53 bits per heavy atom. The van der Waals surface area contributed by atoms with E-state index in [0.717, 1.165) is 44.2 Å². The normalized spacial score (nSPS) is 20.4. The highest BCUT2D eigenvalue weighted by atomic mass is 16.5. The van der Waals surface area contributed by atoms with Crippen LogP contribution in [-0.4, -0.2) is 40.4 Å². The van der Waals surface area contributed by atoms with Gasteiger partial charge in [0.1, 0.15) is 17.3 Å². The van der Waals surface area contributed by atoms with Crippen LogP contribution in [0.4, 0.5) is 5.69 Å².